The summed E-state index contributed by atoms with van der Waals surface area (Å²) in [4.78, 5) is 17.0. The predicted molar refractivity (Wildman–Crippen MR) is 87.1 cm³/mol. The molecule has 1 unspecified atom stereocenters. The topological polar surface area (TPSA) is 49.6 Å². The number of nitrogens with two attached hydrogens (primary N) is 1. The molecule has 2 fully saturated rings. The van der Waals surface area contributed by atoms with Gasteiger partial charge in [0.2, 0.25) is 5.91 Å². The van der Waals surface area contributed by atoms with Crippen LogP contribution in [0.2, 0.25) is 0 Å². The molecule has 4 heteroatoms. The summed E-state index contributed by atoms with van der Waals surface area (Å²) in [5.74, 6) is 0.982. The minimum Gasteiger partial charge on any atom is -0.340 e. The van der Waals surface area contributed by atoms with Gasteiger partial charge in [0, 0.05) is 38.6 Å². The van der Waals surface area contributed by atoms with E-state index in [1.807, 2.05) is 0 Å². The van der Waals surface area contributed by atoms with E-state index in [9.17, 15) is 4.79 Å². The Bertz CT molecular complexity index is 307. The second-order valence-electron chi connectivity index (χ2n) is 6.75. The van der Waals surface area contributed by atoms with Crippen LogP contribution in [0.3, 0.4) is 0 Å². The third kappa shape index (κ3) is 4.96. The highest BCUT2D eigenvalue weighted by Crippen LogP contribution is 2.24. The molecule has 1 amide bonds. The Hall–Kier alpha value is -0.610. The summed E-state index contributed by atoms with van der Waals surface area (Å²) in [7, 11) is 0. The van der Waals surface area contributed by atoms with Crippen LogP contribution in [0, 0.1) is 5.92 Å². The molecule has 2 aliphatic rings. The highest BCUT2D eigenvalue weighted by atomic mass is 16.2. The van der Waals surface area contributed by atoms with Crippen molar-refractivity contribution in [3.8, 4) is 0 Å². The third-order valence-corrected chi connectivity index (χ3v) is 5.43. The van der Waals surface area contributed by atoms with Gasteiger partial charge in [0.25, 0.3) is 0 Å². The molecule has 0 spiro atoms. The Labute approximate surface area is 130 Å². The van der Waals surface area contributed by atoms with Gasteiger partial charge in [0.15, 0.2) is 0 Å². The first-order valence-corrected chi connectivity index (χ1v) is 8.96. The zero-order valence-corrected chi connectivity index (χ0v) is 13.7. The monoisotopic (exact) mass is 295 g/mol. The van der Waals surface area contributed by atoms with E-state index in [4.69, 9.17) is 5.73 Å². The predicted octanol–water partition coefficient (Wildman–Crippen LogP) is 2.23. The van der Waals surface area contributed by atoms with E-state index in [0.29, 0.717) is 18.2 Å². The van der Waals surface area contributed by atoms with Crippen molar-refractivity contribution in [3.05, 3.63) is 0 Å². The Kier molecular flexibility index (Phi) is 6.97. The molecule has 122 valence electrons. The number of hydrogen-bond donors (Lipinski definition) is 1. The summed E-state index contributed by atoms with van der Waals surface area (Å²) in [5, 5.41) is 0. The van der Waals surface area contributed by atoms with Crippen molar-refractivity contribution in [2.75, 3.05) is 32.7 Å². The molecule has 0 aromatic carbocycles. The highest BCUT2D eigenvalue weighted by Gasteiger charge is 2.27. The number of rotatable bonds is 7. The molecule has 21 heavy (non-hydrogen) atoms. The van der Waals surface area contributed by atoms with Crippen LogP contribution >= 0.6 is 0 Å². The van der Waals surface area contributed by atoms with Crippen molar-refractivity contribution in [3.63, 3.8) is 0 Å². The molecule has 4 nitrogen and oxygen atoms in total. The van der Waals surface area contributed by atoms with Gasteiger partial charge in [-0.15, -0.1) is 0 Å². The summed E-state index contributed by atoms with van der Waals surface area (Å²) in [6.07, 6.45) is 9.43. The van der Waals surface area contributed by atoms with Crippen LogP contribution in [0.15, 0.2) is 0 Å². The van der Waals surface area contributed by atoms with Gasteiger partial charge < -0.3 is 10.6 Å². The van der Waals surface area contributed by atoms with Crippen LogP contribution in [-0.4, -0.2) is 54.5 Å². The molecular formula is C17H33N3O. The van der Waals surface area contributed by atoms with Crippen LogP contribution in [-0.2, 0) is 4.79 Å². The van der Waals surface area contributed by atoms with Crippen molar-refractivity contribution < 1.29 is 4.79 Å². The second kappa shape index (κ2) is 8.74. The van der Waals surface area contributed by atoms with Gasteiger partial charge in [-0.25, -0.2) is 0 Å². The lowest BCUT2D eigenvalue weighted by atomic mass is 9.96. The van der Waals surface area contributed by atoms with Gasteiger partial charge in [-0.2, -0.15) is 0 Å². The molecule has 1 aliphatic heterocycles. The van der Waals surface area contributed by atoms with Gasteiger partial charge >= 0.3 is 0 Å². The largest absolute Gasteiger partial charge is 0.340 e. The lowest BCUT2D eigenvalue weighted by Crippen LogP contribution is -2.51. The number of nitrogens with zero attached hydrogens (tertiary/aromatic N) is 2. The van der Waals surface area contributed by atoms with E-state index in [2.05, 4.69) is 16.7 Å². The Balaban J connectivity index is 1.67. The molecule has 1 saturated heterocycles. The zero-order chi connectivity index (χ0) is 15.1. The van der Waals surface area contributed by atoms with E-state index >= 15 is 0 Å². The van der Waals surface area contributed by atoms with Crippen molar-refractivity contribution in [2.24, 2.45) is 11.7 Å². The van der Waals surface area contributed by atoms with Crippen molar-refractivity contribution in [1.29, 1.82) is 0 Å². The molecule has 1 atom stereocenters. The maximum absolute atomic E-state index is 12.3. The SMILES string of the molecule is CCC(CCN)CCC(=O)N1CCN(C2CCCC2)CC1. The van der Waals surface area contributed by atoms with E-state index in [1.54, 1.807) is 0 Å². The normalized spacial score (nSPS) is 22.7. The van der Waals surface area contributed by atoms with E-state index < -0.39 is 0 Å². The van der Waals surface area contributed by atoms with Crippen LogP contribution in [0.1, 0.15) is 58.3 Å². The van der Waals surface area contributed by atoms with E-state index in [-0.39, 0.29) is 0 Å². The Morgan fingerprint density at radius 1 is 1.14 bits per heavy atom. The van der Waals surface area contributed by atoms with Gasteiger partial charge in [0.05, 0.1) is 0 Å². The fraction of sp³-hybridized carbons (Fsp3) is 0.941. The second-order valence-corrected chi connectivity index (χ2v) is 6.75. The smallest absolute Gasteiger partial charge is 0.222 e. The van der Waals surface area contributed by atoms with Crippen molar-refractivity contribution in [1.82, 2.24) is 9.80 Å². The van der Waals surface area contributed by atoms with Gasteiger partial charge in [-0.05, 0) is 38.1 Å². The lowest BCUT2D eigenvalue weighted by molar-refractivity contribution is -0.133. The maximum atomic E-state index is 12.3. The van der Waals surface area contributed by atoms with Crippen LogP contribution in [0.5, 0.6) is 0 Å². The minimum absolute atomic E-state index is 0.358. The summed E-state index contributed by atoms with van der Waals surface area (Å²) in [5.41, 5.74) is 5.63. The van der Waals surface area contributed by atoms with Gasteiger partial charge in [-0.3, -0.25) is 9.69 Å². The van der Waals surface area contributed by atoms with Crippen LogP contribution in [0.4, 0.5) is 0 Å². The lowest BCUT2D eigenvalue weighted by Gasteiger charge is -2.38. The maximum Gasteiger partial charge on any atom is 0.222 e. The summed E-state index contributed by atoms with van der Waals surface area (Å²) >= 11 is 0. The number of hydrogen-bond acceptors (Lipinski definition) is 3. The molecule has 1 heterocycles. The fourth-order valence-corrected chi connectivity index (χ4v) is 3.88. The summed E-state index contributed by atoms with van der Waals surface area (Å²) in [6, 6.07) is 0.802. The zero-order valence-electron chi connectivity index (χ0n) is 13.7. The quantitative estimate of drug-likeness (QED) is 0.783. The average Bonchev–Trinajstić information content (AvgIpc) is 3.05. The third-order valence-electron chi connectivity index (χ3n) is 5.43. The molecule has 1 saturated carbocycles. The van der Waals surface area contributed by atoms with Crippen LogP contribution in [0.25, 0.3) is 0 Å². The first-order valence-electron chi connectivity index (χ1n) is 8.96. The molecule has 1 aliphatic carbocycles. The summed E-state index contributed by atoms with van der Waals surface area (Å²) < 4.78 is 0. The average molecular weight is 295 g/mol. The Morgan fingerprint density at radius 3 is 2.38 bits per heavy atom. The van der Waals surface area contributed by atoms with Crippen molar-refractivity contribution >= 4 is 5.91 Å². The molecule has 2 rings (SSSR count). The number of carbonyl (C=O) groups excluding carboxylic acids is 1. The standard InChI is InChI=1S/C17H33N3O/c1-2-15(9-10-18)7-8-17(21)20-13-11-19(12-14-20)16-5-3-4-6-16/h15-16H,2-14,18H2,1H3. The highest BCUT2D eigenvalue weighted by molar-refractivity contribution is 5.76. The van der Waals surface area contributed by atoms with Crippen molar-refractivity contribution in [2.45, 2.75) is 64.3 Å². The molecule has 0 bridgehead atoms. The summed E-state index contributed by atoms with van der Waals surface area (Å²) in [6.45, 7) is 6.97. The molecule has 0 aromatic rings. The molecule has 0 radical (unpaired) electrons. The number of amides is 1. The minimum atomic E-state index is 0.358. The number of piperazine rings is 1. The molecule has 2 N–H and O–H groups in total. The number of carbonyl (C=O) groups is 1. The molecular weight excluding hydrogens is 262 g/mol. The van der Waals surface area contributed by atoms with E-state index in [1.165, 1.54) is 25.7 Å². The van der Waals surface area contributed by atoms with E-state index in [0.717, 1.165) is 58.0 Å². The van der Waals surface area contributed by atoms with Gasteiger partial charge in [0.1, 0.15) is 0 Å². The first kappa shape index (κ1) is 16.8. The fourth-order valence-electron chi connectivity index (χ4n) is 3.88. The van der Waals surface area contributed by atoms with Gasteiger partial charge in [-0.1, -0.05) is 26.2 Å². The Morgan fingerprint density at radius 2 is 1.81 bits per heavy atom. The van der Waals surface area contributed by atoms with Crippen LogP contribution < -0.4 is 5.73 Å². The first-order chi connectivity index (χ1) is 10.2. The molecule has 0 aromatic heterocycles.